The first-order valence-electron chi connectivity index (χ1n) is 20.6. The van der Waals surface area contributed by atoms with Crippen LogP contribution in [0.5, 0.6) is 0 Å². The first-order valence-corrected chi connectivity index (χ1v) is 24.1. The van der Waals surface area contributed by atoms with Crippen molar-refractivity contribution in [3.8, 4) is 28.3 Å². The number of rotatable bonds is 9. The molecule has 0 saturated carbocycles. The van der Waals surface area contributed by atoms with Gasteiger partial charge in [0.2, 0.25) is 0 Å². The third-order valence-electron chi connectivity index (χ3n) is 12.0. The minimum absolute atomic E-state index is 0. The second-order valence-electron chi connectivity index (χ2n) is 17.8. The molecule has 8 rings (SSSR count). The van der Waals surface area contributed by atoms with Crippen LogP contribution in [0.1, 0.15) is 96.3 Å². The van der Waals surface area contributed by atoms with Crippen LogP contribution in [0.3, 0.4) is 0 Å². The average molecular weight is 960 g/mol. The molecule has 301 valence electrons. The maximum absolute atomic E-state index is 6.40. The molecular weight excluding hydrogens is 903 g/mol. The van der Waals surface area contributed by atoms with Gasteiger partial charge in [0.15, 0.2) is 0 Å². The van der Waals surface area contributed by atoms with Gasteiger partial charge in [0.25, 0.3) is 0 Å². The first-order chi connectivity index (χ1) is 27.2. The Labute approximate surface area is 360 Å². The molecule has 0 saturated heterocycles. The average Bonchev–Trinajstić information content (AvgIpc) is 3.79. The first kappa shape index (κ1) is 43.0. The molecule has 1 radical (unpaired) electrons. The van der Waals surface area contributed by atoms with E-state index < -0.39 is 8.07 Å². The van der Waals surface area contributed by atoms with Gasteiger partial charge in [-0.15, -0.1) is 54.1 Å². The second-order valence-corrected chi connectivity index (χ2v) is 22.8. The van der Waals surface area contributed by atoms with Crippen molar-refractivity contribution >= 4 is 46.2 Å². The van der Waals surface area contributed by atoms with Crippen molar-refractivity contribution in [2.75, 3.05) is 0 Å². The third kappa shape index (κ3) is 8.30. The fraction of sp³-hybridized carbons (Fsp3) is 0.308. The number of hydrogen-bond acceptors (Lipinski definition) is 3. The van der Waals surface area contributed by atoms with Gasteiger partial charge in [-0.25, -0.2) is 0 Å². The minimum atomic E-state index is -1.43. The zero-order chi connectivity index (χ0) is 40.6. The summed E-state index contributed by atoms with van der Waals surface area (Å²) < 4.78 is 8.73. The van der Waals surface area contributed by atoms with Gasteiger partial charge in [-0.05, 0) is 63.4 Å². The van der Waals surface area contributed by atoms with E-state index in [4.69, 9.17) is 14.4 Å². The topological polar surface area (TPSA) is 43.9 Å². The van der Waals surface area contributed by atoms with E-state index in [9.17, 15) is 0 Å². The monoisotopic (exact) mass is 960 g/mol. The Morgan fingerprint density at radius 2 is 1.41 bits per heavy atom. The summed E-state index contributed by atoms with van der Waals surface area (Å²) in [5.74, 6) is 2.11. The molecule has 3 aromatic heterocycles. The van der Waals surface area contributed by atoms with Gasteiger partial charge in [-0.1, -0.05) is 153 Å². The van der Waals surface area contributed by atoms with Crippen molar-refractivity contribution < 1.29 is 24.5 Å². The zero-order valence-corrected chi connectivity index (χ0v) is 39.4. The standard InChI is InChI=1S/C31H27N2O.C21H30NSi.Ir/c1-19(2)21-12-9-13-22(20(3)4)29(21)33-27-17-7-6-16-26(27)32-31(33)25-15-10-14-24-23-11-5-8-18-28(23)34-30(24)25;1-8-21(3,4)16(2)18-14-19(17-12-10-9-11-13-17)22-15-20(18)23(5,6)7;/h5-14,16-20H,1-4H3;9-12,14-16H,8H2,1-7H3;/q2*-1;. The van der Waals surface area contributed by atoms with Gasteiger partial charge in [-0.2, -0.15) is 0 Å². The normalized spacial score (nSPS) is 12.6. The smallest absolute Gasteiger partial charge is 0.120 e. The molecule has 3 heterocycles. The Bertz CT molecular complexity index is 2640. The van der Waals surface area contributed by atoms with Gasteiger partial charge in [0.1, 0.15) is 5.58 Å². The molecule has 4 nitrogen and oxygen atoms in total. The fourth-order valence-corrected chi connectivity index (χ4v) is 9.54. The van der Waals surface area contributed by atoms with Crippen molar-refractivity contribution in [3.05, 3.63) is 144 Å². The number of pyridine rings is 1. The molecule has 0 aliphatic rings. The van der Waals surface area contributed by atoms with Crippen LogP contribution >= 0.6 is 0 Å². The van der Waals surface area contributed by atoms with E-state index in [0.717, 1.165) is 55.6 Å². The number of aromatic nitrogens is 3. The van der Waals surface area contributed by atoms with E-state index >= 15 is 0 Å². The number of fused-ring (bicyclic) bond motifs is 4. The summed E-state index contributed by atoms with van der Waals surface area (Å²) in [6, 6.07) is 44.5. The number of imidazole rings is 1. The molecule has 1 unspecified atom stereocenters. The van der Waals surface area contributed by atoms with Crippen LogP contribution in [0.4, 0.5) is 0 Å². The number of hydrogen-bond donors (Lipinski definition) is 0. The molecule has 0 N–H and O–H groups in total. The number of furan rings is 1. The van der Waals surface area contributed by atoms with Crippen LogP contribution in [0.15, 0.2) is 120 Å². The summed E-state index contributed by atoms with van der Waals surface area (Å²) in [4.78, 5) is 9.92. The van der Waals surface area contributed by atoms with E-state index in [0.29, 0.717) is 17.8 Å². The number of benzene rings is 5. The molecule has 0 fully saturated rings. The van der Waals surface area contributed by atoms with E-state index in [1.807, 2.05) is 36.4 Å². The minimum Gasteiger partial charge on any atom is -0.501 e. The molecule has 5 aromatic carbocycles. The van der Waals surface area contributed by atoms with Crippen molar-refractivity contribution in [2.24, 2.45) is 5.41 Å². The van der Waals surface area contributed by atoms with Crippen LogP contribution in [-0.2, 0) is 20.1 Å². The molecule has 0 spiro atoms. The van der Waals surface area contributed by atoms with Crippen molar-refractivity contribution in [1.82, 2.24) is 14.5 Å². The number of nitrogens with zero attached hydrogens (tertiary/aromatic N) is 3. The van der Waals surface area contributed by atoms with Gasteiger partial charge in [-0.3, -0.25) is 4.98 Å². The van der Waals surface area contributed by atoms with Crippen molar-refractivity contribution in [2.45, 2.75) is 99.2 Å². The maximum atomic E-state index is 6.40. The Hall–Kier alpha value is -4.61. The summed E-state index contributed by atoms with van der Waals surface area (Å²) in [5, 5.41) is 3.69. The van der Waals surface area contributed by atoms with E-state index in [1.54, 1.807) is 0 Å². The molecular formula is C52H57IrN3OSi-2. The maximum Gasteiger partial charge on any atom is 0.120 e. The van der Waals surface area contributed by atoms with Crippen LogP contribution in [0.25, 0.3) is 61.3 Å². The molecule has 6 heteroatoms. The fourth-order valence-electron chi connectivity index (χ4n) is 7.93. The largest absolute Gasteiger partial charge is 0.501 e. The predicted octanol–water partition coefficient (Wildman–Crippen LogP) is 14.3. The van der Waals surface area contributed by atoms with Crippen LogP contribution in [0, 0.1) is 17.5 Å². The Kier molecular flexibility index (Phi) is 12.8. The van der Waals surface area contributed by atoms with E-state index in [2.05, 4.69) is 171 Å². The molecule has 0 bridgehead atoms. The zero-order valence-electron chi connectivity index (χ0n) is 36.0. The van der Waals surface area contributed by atoms with Gasteiger partial charge < -0.3 is 14.0 Å². The molecule has 0 aliphatic carbocycles. The Morgan fingerprint density at radius 3 is 2.07 bits per heavy atom. The summed E-state index contributed by atoms with van der Waals surface area (Å²) in [6.45, 7) is 25.7. The van der Waals surface area contributed by atoms with Crippen LogP contribution < -0.4 is 5.19 Å². The van der Waals surface area contributed by atoms with Crippen LogP contribution in [0.2, 0.25) is 19.6 Å². The Balaban J connectivity index is 0.000000208. The summed E-state index contributed by atoms with van der Waals surface area (Å²) >= 11 is 0. The Morgan fingerprint density at radius 1 is 0.741 bits per heavy atom. The summed E-state index contributed by atoms with van der Waals surface area (Å²) in [5.41, 5.74) is 12.4. The van der Waals surface area contributed by atoms with E-state index in [-0.39, 0.29) is 25.5 Å². The molecule has 0 amide bonds. The molecule has 8 aromatic rings. The predicted molar refractivity (Wildman–Crippen MR) is 245 cm³/mol. The SMILES string of the molecule is CC(C)c1cccc(C(C)C)c1-n1c(-c2[c-]ccc3c2oc2ccccc23)nc2ccccc21.CCC(C)(C)C(C)c1cc(-c2[c-]cccc2)ncc1[Si](C)(C)C.[Ir]. The third-order valence-corrected chi connectivity index (χ3v) is 14.0. The van der Waals surface area contributed by atoms with E-state index in [1.165, 1.54) is 34.0 Å². The van der Waals surface area contributed by atoms with Crippen molar-refractivity contribution in [1.29, 1.82) is 0 Å². The molecule has 58 heavy (non-hydrogen) atoms. The van der Waals surface area contributed by atoms with Crippen molar-refractivity contribution in [3.63, 3.8) is 0 Å². The van der Waals surface area contributed by atoms with Gasteiger partial charge in [0.05, 0.1) is 30.5 Å². The van der Waals surface area contributed by atoms with Gasteiger partial charge >= 0.3 is 0 Å². The molecule has 1 atom stereocenters. The summed E-state index contributed by atoms with van der Waals surface area (Å²) in [6.07, 6.45) is 3.31. The van der Waals surface area contributed by atoms with Gasteiger partial charge in [0, 0.05) is 37.4 Å². The quantitative estimate of drug-likeness (QED) is 0.107. The summed E-state index contributed by atoms with van der Waals surface area (Å²) in [7, 11) is -1.43. The second kappa shape index (κ2) is 17.3. The van der Waals surface area contributed by atoms with Crippen LogP contribution in [-0.4, -0.2) is 22.6 Å². The molecule has 0 aliphatic heterocycles. The number of para-hydroxylation sites is 4.